The normalized spacial score (nSPS) is 25.9. The second-order valence-electron chi connectivity index (χ2n) is 15.5. The van der Waals surface area contributed by atoms with Crippen molar-refractivity contribution in [3.8, 4) is 11.5 Å². The first kappa shape index (κ1) is 36.2. The average molecular weight is 708 g/mol. The van der Waals surface area contributed by atoms with Crippen molar-refractivity contribution in [2.45, 2.75) is 114 Å². The zero-order valence-corrected chi connectivity index (χ0v) is 30.1. The van der Waals surface area contributed by atoms with Gasteiger partial charge in [-0.15, -0.1) is 0 Å². The largest absolute Gasteiger partial charge is 0.514 e. The molecule has 1 N–H and O–H groups in total. The quantitative estimate of drug-likeness (QED) is 0.221. The molecule has 6 atom stereocenters. The van der Waals surface area contributed by atoms with E-state index in [2.05, 4.69) is 4.90 Å². The molecule has 1 fully saturated rings. The number of hydrogen-bond acceptors (Lipinski definition) is 13. The summed E-state index contributed by atoms with van der Waals surface area (Å²) in [6, 6.07) is 11.5. The van der Waals surface area contributed by atoms with Crippen LogP contribution in [0.15, 0.2) is 54.3 Å². The van der Waals surface area contributed by atoms with Gasteiger partial charge < -0.3 is 43.2 Å². The number of rotatable bonds is 7. The first-order valence-corrected chi connectivity index (χ1v) is 17.1. The summed E-state index contributed by atoms with van der Waals surface area (Å²) in [6.45, 7) is 12.1. The molecule has 13 nitrogen and oxygen atoms in total. The number of aliphatic hydroxyl groups is 1. The summed E-state index contributed by atoms with van der Waals surface area (Å²) in [5, 5.41) is 12.6. The van der Waals surface area contributed by atoms with Crippen LogP contribution >= 0.6 is 0 Å². The number of carbonyl (C=O) groups is 4. The van der Waals surface area contributed by atoms with Crippen molar-refractivity contribution in [1.82, 2.24) is 4.90 Å². The molecule has 1 saturated heterocycles. The minimum atomic E-state index is -1.55. The van der Waals surface area contributed by atoms with Crippen LogP contribution in [0.2, 0.25) is 0 Å². The number of ether oxygens (including phenoxy) is 7. The van der Waals surface area contributed by atoms with Gasteiger partial charge in [0.15, 0.2) is 23.7 Å². The highest BCUT2D eigenvalue weighted by atomic mass is 16.7. The van der Waals surface area contributed by atoms with Crippen LogP contribution < -0.4 is 9.47 Å². The first-order chi connectivity index (χ1) is 23.8. The summed E-state index contributed by atoms with van der Waals surface area (Å²) < 4.78 is 39.6. The van der Waals surface area contributed by atoms with Crippen LogP contribution in [0, 0.1) is 0 Å². The standard InChI is InChI=1S/C38H45NO12/c1-21(45-33(42)50-35(2,3)4)31(40)49-28(22-12-10-9-11-13-22)32(41)46-25-16-17-38(44)26-20-23-14-15-24(47-34(43)51-36(5,6)7)29-27(23)37(38,30(25)48-29)18-19-39(26)8/h9-16,21,26,28,30,44H,17-20H2,1-8H3/t21-,26+,28-,30-,37-,38+/m0/s1. The second-order valence-corrected chi connectivity index (χ2v) is 15.5. The van der Waals surface area contributed by atoms with Crippen molar-refractivity contribution in [1.29, 1.82) is 0 Å². The molecule has 0 amide bonds. The Morgan fingerprint density at radius 3 is 2.24 bits per heavy atom. The fourth-order valence-corrected chi connectivity index (χ4v) is 7.60. The van der Waals surface area contributed by atoms with Gasteiger partial charge in [-0.2, -0.15) is 0 Å². The zero-order chi connectivity index (χ0) is 37.1. The van der Waals surface area contributed by atoms with E-state index >= 15 is 0 Å². The van der Waals surface area contributed by atoms with Crippen molar-refractivity contribution in [2.24, 2.45) is 0 Å². The van der Waals surface area contributed by atoms with Crippen LogP contribution in [0.1, 0.15) is 84.1 Å². The van der Waals surface area contributed by atoms with Gasteiger partial charge in [0.05, 0.1) is 11.0 Å². The fraction of sp³-hybridized carbons (Fsp3) is 0.526. The van der Waals surface area contributed by atoms with Gasteiger partial charge in [-0.3, -0.25) is 0 Å². The Bertz CT molecular complexity index is 1760. The van der Waals surface area contributed by atoms with E-state index in [1.54, 1.807) is 84.0 Å². The molecule has 0 saturated carbocycles. The maximum absolute atomic E-state index is 14.1. The summed E-state index contributed by atoms with van der Waals surface area (Å²) in [7, 11) is 1.97. The van der Waals surface area contributed by atoms with E-state index in [0.717, 1.165) is 5.56 Å². The number of nitrogens with zero attached hydrogens (tertiary/aromatic N) is 1. The summed E-state index contributed by atoms with van der Waals surface area (Å²) in [5.41, 5.74) is -2.08. The Kier molecular flexibility index (Phi) is 9.12. The highest BCUT2D eigenvalue weighted by molar-refractivity contribution is 5.84. The van der Waals surface area contributed by atoms with Crippen molar-refractivity contribution in [2.75, 3.05) is 13.6 Å². The Hall–Kier alpha value is -4.62. The molecule has 2 bridgehead atoms. The van der Waals surface area contributed by atoms with Crippen LogP contribution in [0.3, 0.4) is 0 Å². The molecule has 0 unspecified atom stereocenters. The van der Waals surface area contributed by atoms with E-state index in [0.29, 0.717) is 30.5 Å². The number of likely N-dealkylation sites (tertiary alicyclic amines) is 1. The lowest BCUT2D eigenvalue weighted by molar-refractivity contribution is -0.179. The Balaban J connectivity index is 1.31. The van der Waals surface area contributed by atoms with Crippen molar-refractivity contribution >= 4 is 24.2 Å². The summed E-state index contributed by atoms with van der Waals surface area (Å²) in [5.74, 6) is -1.42. The van der Waals surface area contributed by atoms with E-state index in [4.69, 9.17) is 33.2 Å². The highest BCUT2D eigenvalue weighted by Gasteiger charge is 2.72. The Morgan fingerprint density at radius 2 is 1.57 bits per heavy atom. The maximum atomic E-state index is 14.1. The van der Waals surface area contributed by atoms with E-state index in [1.807, 2.05) is 13.1 Å². The molecule has 4 aliphatic rings. The minimum Gasteiger partial charge on any atom is -0.477 e. The number of piperidine rings is 1. The van der Waals surface area contributed by atoms with Crippen molar-refractivity contribution < 1.29 is 57.4 Å². The Morgan fingerprint density at radius 1 is 0.902 bits per heavy atom. The van der Waals surface area contributed by atoms with Gasteiger partial charge >= 0.3 is 24.2 Å². The molecule has 0 aromatic heterocycles. The smallest absolute Gasteiger partial charge is 0.477 e. The summed E-state index contributed by atoms with van der Waals surface area (Å²) >= 11 is 0. The molecule has 6 rings (SSSR count). The van der Waals surface area contributed by atoms with Gasteiger partial charge in [-0.1, -0.05) is 36.4 Å². The predicted octanol–water partition coefficient (Wildman–Crippen LogP) is 5.45. The molecule has 0 radical (unpaired) electrons. The number of benzene rings is 2. The van der Waals surface area contributed by atoms with E-state index < -0.39 is 64.8 Å². The van der Waals surface area contributed by atoms with Gasteiger partial charge in [0, 0.05) is 23.6 Å². The van der Waals surface area contributed by atoms with Crippen LogP contribution in [0.4, 0.5) is 9.59 Å². The molecule has 2 aliphatic carbocycles. The molecular formula is C38H45NO12. The first-order valence-electron chi connectivity index (χ1n) is 17.1. The van der Waals surface area contributed by atoms with Gasteiger partial charge in [0.2, 0.25) is 6.10 Å². The third kappa shape index (κ3) is 6.64. The monoisotopic (exact) mass is 707 g/mol. The lowest BCUT2D eigenvalue weighted by atomic mass is 9.50. The molecule has 2 aromatic carbocycles. The average Bonchev–Trinajstić information content (AvgIpc) is 3.38. The summed E-state index contributed by atoms with van der Waals surface area (Å²) in [4.78, 5) is 54.4. The van der Waals surface area contributed by atoms with Crippen molar-refractivity contribution in [3.63, 3.8) is 0 Å². The van der Waals surface area contributed by atoms with Crippen molar-refractivity contribution in [3.05, 3.63) is 71.0 Å². The predicted molar refractivity (Wildman–Crippen MR) is 180 cm³/mol. The van der Waals surface area contributed by atoms with E-state index in [1.165, 1.54) is 6.92 Å². The molecule has 2 aromatic rings. The maximum Gasteiger partial charge on any atom is 0.514 e. The number of hydrogen-bond donors (Lipinski definition) is 1. The minimum absolute atomic E-state index is 0.118. The van der Waals surface area contributed by atoms with Gasteiger partial charge in [-0.25, -0.2) is 19.2 Å². The summed E-state index contributed by atoms with van der Waals surface area (Å²) in [6.07, 6.45) is -3.19. The molecule has 13 heteroatoms. The Labute approximate surface area is 296 Å². The second kappa shape index (κ2) is 12.9. The molecule has 51 heavy (non-hydrogen) atoms. The third-order valence-electron chi connectivity index (χ3n) is 9.68. The third-order valence-corrected chi connectivity index (χ3v) is 9.68. The van der Waals surface area contributed by atoms with Gasteiger partial charge in [-0.05, 0) is 92.6 Å². The van der Waals surface area contributed by atoms with E-state index in [9.17, 15) is 24.3 Å². The van der Waals surface area contributed by atoms with E-state index in [-0.39, 0.29) is 29.7 Å². The van der Waals surface area contributed by atoms with Gasteiger partial charge in [0.1, 0.15) is 17.0 Å². The topological polar surface area (TPSA) is 156 Å². The van der Waals surface area contributed by atoms with Gasteiger partial charge in [0.25, 0.3) is 0 Å². The SMILES string of the molecule is C[C@H](OC(=O)OC(C)(C)C)C(=O)O[C@H](C(=O)OC1=CC[C@@]2(O)[C@H]3Cc4ccc(OC(=O)OC(C)(C)C)c5c4[C@@]2(CCN3C)[C@H]1O5)c1ccccc1. The molecular weight excluding hydrogens is 662 g/mol. The lowest BCUT2D eigenvalue weighted by Gasteiger charge is -2.61. The molecule has 2 heterocycles. The van der Waals surface area contributed by atoms with Crippen LogP contribution in [-0.2, 0) is 45.1 Å². The fourth-order valence-electron chi connectivity index (χ4n) is 7.60. The van der Waals surface area contributed by atoms with Crippen LogP contribution in [0.25, 0.3) is 0 Å². The highest BCUT2D eigenvalue weighted by Crippen LogP contribution is 2.65. The molecule has 1 spiro atoms. The number of esters is 2. The molecule has 2 aliphatic heterocycles. The van der Waals surface area contributed by atoms with Crippen LogP contribution in [0.5, 0.6) is 11.5 Å². The number of carbonyl (C=O) groups excluding carboxylic acids is 4. The van der Waals surface area contributed by atoms with Crippen LogP contribution in [-0.4, -0.2) is 82.9 Å². The molecule has 274 valence electrons. The number of likely N-dealkylation sites (N-methyl/N-ethyl adjacent to an activating group) is 1. The zero-order valence-electron chi connectivity index (χ0n) is 30.1. The lowest BCUT2D eigenvalue weighted by Crippen LogP contribution is -2.74.